The zero-order valence-corrected chi connectivity index (χ0v) is 9.80. The van der Waals surface area contributed by atoms with Gasteiger partial charge in [-0.25, -0.2) is 4.98 Å². The van der Waals surface area contributed by atoms with Crippen LogP contribution in [0.15, 0.2) is 10.9 Å². The van der Waals surface area contributed by atoms with Gasteiger partial charge < -0.3 is 4.90 Å². The molecule has 1 aliphatic rings. The Morgan fingerprint density at radius 1 is 1.67 bits per heavy atom. The Hall–Kier alpha value is -0.900. The first kappa shape index (κ1) is 10.6. The van der Waals surface area contributed by atoms with Crippen LogP contribution < -0.4 is 0 Å². The smallest absolute Gasteiger partial charge is 0.228 e. The number of rotatable bonds is 2. The van der Waals surface area contributed by atoms with E-state index in [9.17, 15) is 4.79 Å². The van der Waals surface area contributed by atoms with Crippen molar-refractivity contribution in [2.75, 3.05) is 6.54 Å². The maximum absolute atomic E-state index is 12.0. The first-order chi connectivity index (χ1) is 7.27. The third kappa shape index (κ3) is 2.56. The summed E-state index contributed by atoms with van der Waals surface area (Å²) in [5, 5.41) is 1.95. The lowest BCUT2D eigenvalue weighted by Crippen LogP contribution is -2.42. The maximum atomic E-state index is 12.0. The zero-order chi connectivity index (χ0) is 10.7. The third-order valence-corrected chi connectivity index (χ3v) is 3.57. The molecule has 15 heavy (non-hydrogen) atoms. The summed E-state index contributed by atoms with van der Waals surface area (Å²) in [7, 11) is 0. The lowest BCUT2D eigenvalue weighted by molar-refractivity contribution is -0.133. The predicted molar refractivity (Wildman–Crippen MR) is 60.8 cm³/mol. The lowest BCUT2D eigenvalue weighted by Gasteiger charge is -2.33. The summed E-state index contributed by atoms with van der Waals surface area (Å²) < 4.78 is 0. The molecule has 1 unspecified atom stereocenters. The van der Waals surface area contributed by atoms with Gasteiger partial charge >= 0.3 is 0 Å². The fraction of sp³-hybridized carbons (Fsp3) is 0.636. The van der Waals surface area contributed by atoms with Gasteiger partial charge in [0, 0.05) is 18.0 Å². The Bertz CT molecular complexity index is 323. The highest BCUT2D eigenvalue weighted by molar-refractivity contribution is 7.07. The SMILES string of the molecule is CC1CCCCN1C(=O)Cc1cscn1. The van der Waals surface area contributed by atoms with Gasteiger partial charge in [-0.1, -0.05) is 0 Å². The van der Waals surface area contributed by atoms with E-state index < -0.39 is 0 Å². The van der Waals surface area contributed by atoms with Gasteiger partial charge in [0.15, 0.2) is 0 Å². The van der Waals surface area contributed by atoms with E-state index in [0.29, 0.717) is 12.5 Å². The number of nitrogens with zero attached hydrogens (tertiary/aromatic N) is 2. The topological polar surface area (TPSA) is 33.2 Å². The van der Waals surface area contributed by atoms with Gasteiger partial charge in [-0.05, 0) is 26.2 Å². The highest BCUT2D eigenvalue weighted by Crippen LogP contribution is 2.17. The number of carbonyl (C=O) groups excluding carboxylic acids is 1. The van der Waals surface area contributed by atoms with E-state index >= 15 is 0 Å². The molecule has 2 rings (SSSR count). The van der Waals surface area contributed by atoms with Crippen molar-refractivity contribution in [3.05, 3.63) is 16.6 Å². The number of hydrogen-bond acceptors (Lipinski definition) is 3. The Morgan fingerprint density at radius 2 is 2.53 bits per heavy atom. The molecule has 0 N–H and O–H groups in total. The Morgan fingerprint density at radius 3 is 3.20 bits per heavy atom. The van der Waals surface area contributed by atoms with Crippen molar-refractivity contribution in [3.8, 4) is 0 Å². The number of piperidine rings is 1. The molecule has 1 saturated heterocycles. The minimum Gasteiger partial charge on any atom is -0.340 e. The first-order valence-corrected chi connectivity index (χ1v) is 6.38. The summed E-state index contributed by atoms with van der Waals surface area (Å²) in [5.41, 5.74) is 2.69. The van der Waals surface area contributed by atoms with Crippen LogP contribution in [-0.2, 0) is 11.2 Å². The van der Waals surface area contributed by atoms with E-state index in [2.05, 4.69) is 11.9 Å². The van der Waals surface area contributed by atoms with Gasteiger partial charge in [0.1, 0.15) is 0 Å². The number of aromatic nitrogens is 1. The average molecular weight is 224 g/mol. The fourth-order valence-electron chi connectivity index (χ4n) is 2.05. The third-order valence-electron chi connectivity index (χ3n) is 2.94. The van der Waals surface area contributed by atoms with Crippen LogP contribution in [0.1, 0.15) is 31.9 Å². The Kier molecular flexibility index (Phi) is 3.36. The molecule has 1 aromatic rings. The number of carbonyl (C=O) groups is 1. The molecule has 82 valence electrons. The molecule has 0 aliphatic carbocycles. The van der Waals surface area contributed by atoms with E-state index in [1.54, 1.807) is 16.8 Å². The summed E-state index contributed by atoms with van der Waals surface area (Å²) in [4.78, 5) is 18.1. The van der Waals surface area contributed by atoms with Gasteiger partial charge in [-0.2, -0.15) is 0 Å². The minimum atomic E-state index is 0.230. The number of thiazole rings is 1. The highest BCUT2D eigenvalue weighted by Gasteiger charge is 2.23. The summed E-state index contributed by atoms with van der Waals surface area (Å²) >= 11 is 1.55. The first-order valence-electron chi connectivity index (χ1n) is 5.44. The normalized spacial score (nSPS) is 21.7. The van der Waals surface area contributed by atoms with Gasteiger partial charge in [-0.15, -0.1) is 11.3 Å². The summed E-state index contributed by atoms with van der Waals surface area (Å²) in [6, 6.07) is 0.407. The van der Waals surface area contributed by atoms with Crippen LogP contribution in [-0.4, -0.2) is 28.4 Å². The molecular formula is C11H16N2OS. The quantitative estimate of drug-likeness (QED) is 0.770. The van der Waals surface area contributed by atoms with Crippen LogP contribution in [0.25, 0.3) is 0 Å². The largest absolute Gasteiger partial charge is 0.340 e. The van der Waals surface area contributed by atoms with Crippen LogP contribution in [0.3, 0.4) is 0 Å². The second-order valence-electron chi connectivity index (χ2n) is 4.09. The molecule has 1 fully saturated rings. The molecule has 1 aliphatic heterocycles. The molecule has 2 heterocycles. The molecule has 3 nitrogen and oxygen atoms in total. The molecule has 0 aromatic carbocycles. The van der Waals surface area contributed by atoms with E-state index in [4.69, 9.17) is 0 Å². The summed E-state index contributed by atoms with van der Waals surface area (Å²) in [5.74, 6) is 0.230. The van der Waals surface area contributed by atoms with Crippen LogP contribution in [0.2, 0.25) is 0 Å². The summed E-state index contributed by atoms with van der Waals surface area (Å²) in [6.07, 6.45) is 4.01. The van der Waals surface area contributed by atoms with Gasteiger partial charge in [0.25, 0.3) is 0 Å². The van der Waals surface area contributed by atoms with E-state index in [1.807, 2.05) is 10.3 Å². The molecule has 1 amide bonds. The van der Waals surface area contributed by atoms with Crippen molar-refractivity contribution in [3.63, 3.8) is 0 Å². The van der Waals surface area contributed by atoms with Crippen LogP contribution >= 0.6 is 11.3 Å². The molecule has 0 bridgehead atoms. The Balaban J connectivity index is 1.95. The monoisotopic (exact) mass is 224 g/mol. The van der Waals surface area contributed by atoms with Gasteiger partial charge in [-0.3, -0.25) is 4.79 Å². The van der Waals surface area contributed by atoms with Crippen molar-refractivity contribution in [2.24, 2.45) is 0 Å². The van der Waals surface area contributed by atoms with Gasteiger partial charge in [0.05, 0.1) is 17.6 Å². The van der Waals surface area contributed by atoms with E-state index in [1.165, 1.54) is 6.42 Å². The predicted octanol–water partition coefficient (Wildman–Crippen LogP) is 2.09. The van der Waals surface area contributed by atoms with Crippen molar-refractivity contribution in [1.82, 2.24) is 9.88 Å². The zero-order valence-electron chi connectivity index (χ0n) is 8.98. The molecule has 1 atom stereocenters. The minimum absolute atomic E-state index is 0.230. The molecule has 0 saturated carbocycles. The maximum Gasteiger partial charge on any atom is 0.228 e. The van der Waals surface area contributed by atoms with Crippen molar-refractivity contribution in [1.29, 1.82) is 0 Å². The van der Waals surface area contributed by atoms with Crippen LogP contribution in [0.5, 0.6) is 0 Å². The fourth-order valence-corrected chi connectivity index (χ4v) is 2.61. The van der Waals surface area contributed by atoms with Crippen molar-refractivity contribution >= 4 is 17.2 Å². The molecular weight excluding hydrogens is 208 g/mol. The van der Waals surface area contributed by atoms with E-state index in [0.717, 1.165) is 25.1 Å². The van der Waals surface area contributed by atoms with Crippen LogP contribution in [0, 0.1) is 0 Å². The summed E-state index contributed by atoms with van der Waals surface area (Å²) in [6.45, 7) is 3.06. The molecule has 0 radical (unpaired) electrons. The van der Waals surface area contributed by atoms with Crippen molar-refractivity contribution in [2.45, 2.75) is 38.6 Å². The number of hydrogen-bond donors (Lipinski definition) is 0. The average Bonchev–Trinajstić information content (AvgIpc) is 2.71. The number of likely N-dealkylation sites (tertiary alicyclic amines) is 1. The van der Waals surface area contributed by atoms with Crippen molar-refractivity contribution < 1.29 is 4.79 Å². The molecule has 1 aromatic heterocycles. The Labute approximate surface area is 94.1 Å². The highest BCUT2D eigenvalue weighted by atomic mass is 32.1. The van der Waals surface area contributed by atoms with Crippen LogP contribution in [0.4, 0.5) is 0 Å². The lowest BCUT2D eigenvalue weighted by atomic mass is 10.0. The number of amides is 1. The second-order valence-corrected chi connectivity index (χ2v) is 4.81. The van der Waals surface area contributed by atoms with Gasteiger partial charge in [0.2, 0.25) is 5.91 Å². The second kappa shape index (κ2) is 4.75. The van der Waals surface area contributed by atoms with E-state index in [-0.39, 0.29) is 5.91 Å². The molecule has 0 spiro atoms. The standard InChI is InChI=1S/C11H16N2OS/c1-9-4-2-3-5-13(9)11(14)6-10-7-15-8-12-10/h7-9H,2-6H2,1H3. The molecule has 4 heteroatoms.